The Morgan fingerprint density at radius 3 is 2.86 bits per heavy atom. The number of pyridine rings is 1. The van der Waals surface area contributed by atoms with Crippen molar-refractivity contribution in [2.24, 2.45) is 0 Å². The Morgan fingerprint density at radius 2 is 2.21 bits per heavy atom. The van der Waals surface area contributed by atoms with E-state index in [1.807, 2.05) is 19.1 Å². The molecule has 6 heteroatoms. The Morgan fingerprint density at radius 1 is 1.36 bits per heavy atom. The fraction of sp³-hybridized carbons (Fsp3) is 0.125. The minimum atomic E-state index is 0.524. The van der Waals surface area contributed by atoms with Crippen molar-refractivity contribution in [1.82, 2.24) is 15.2 Å². The van der Waals surface area contributed by atoms with Gasteiger partial charge in [-0.05, 0) is 30.8 Å². The van der Waals surface area contributed by atoms with E-state index in [-0.39, 0.29) is 0 Å². The highest BCUT2D eigenvalue weighted by atomic mass is 32.2. The van der Waals surface area contributed by atoms with Crippen LogP contribution in [0.2, 0.25) is 0 Å². The van der Waals surface area contributed by atoms with E-state index in [9.17, 15) is 0 Å². The first kappa shape index (κ1) is 9.42. The van der Waals surface area contributed by atoms with Gasteiger partial charge in [0.25, 0.3) is 0 Å². The number of aryl methyl sites for hydroxylation is 1. The number of hydrogen-bond donors (Lipinski definition) is 1. The average molecular weight is 224 g/mol. The van der Waals surface area contributed by atoms with Gasteiger partial charge in [0.1, 0.15) is 15.9 Å². The third-order valence-corrected chi connectivity index (χ3v) is 3.27. The predicted octanol–water partition coefficient (Wildman–Crippen LogP) is 1.97. The van der Waals surface area contributed by atoms with E-state index in [1.165, 1.54) is 11.8 Å². The number of nitrogens with zero attached hydrogens (tertiary/aromatic N) is 3. The van der Waals surface area contributed by atoms with E-state index in [1.54, 1.807) is 17.4 Å². The Bertz CT molecular complexity index is 440. The summed E-state index contributed by atoms with van der Waals surface area (Å²) in [6, 6.07) is 5.53. The van der Waals surface area contributed by atoms with Crippen molar-refractivity contribution in [3.05, 3.63) is 23.2 Å². The first-order valence-corrected chi connectivity index (χ1v) is 5.58. The zero-order chi connectivity index (χ0) is 9.97. The molecule has 72 valence electrons. The van der Waals surface area contributed by atoms with Gasteiger partial charge in [-0.3, -0.25) is 0 Å². The number of anilines is 1. The SMILES string of the molecule is Cc1nnc(Sc2cccc(N)n2)s1. The molecule has 0 spiro atoms. The summed E-state index contributed by atoms with van der Waals surface area (Å²) >= 11 is 3.02. The van der Waals surface area contributed by atoms with Crippen LogP contribution in [0.1, 0.15) is 5.01 Å². The van der Waals surface area contributed by atoms with Crippen LogP contribution in [0.5, 0.6) is 0 Å². The molecule has 14 heavy (non-hydrogen) atoms. The number of rotatable bonds is 2. The maximum Gasteiger partial charge on any atom is 0.180 e. The molecule has 2 heterocycles. The zero-order valence-electron chi connectivity index (χ0n) is 7.47. The fourth-order valence-electron chi connectivity index (χ4n) is 0.897. The van der Waals surface area contributed by atoms with Crippen LogP contribution in [0.4, 0.5) is 5.82 Å². The second-order valence-electron chi connectivity index (χ2n) is 2.59. The van der Waals surface area contributed by atoms with Crippen LogP contribution in [0, 0.1) is 6.92 Å². The average Bonchev–Trinajstić information content (AvgIpc) is 2.51. The molecule has 0 atom stereocenters. The maximum absolute atomic E-state index is 5.56. The summed E-state index contributed by atoms with van der Waals surface area (Å²) in [6.07, 6.45) is 0. The van der Waals surface area contributed by atoms with Gasteiger partial charge in [-0.2, -0.15) is 0 Å². The van der Waals surface area contributed by atoms with E-state index in [4.69, 9.17) is 5.73 Å². The van der Waals surface area contributed by atoms with Crippen molar-refractivity contribution in [3.63, 3.8) is 0 Å². The predicted molar refractivity (Wildman–Crippen MR) is 57.4 cm³/mol. The number of aromatic nitrogens is 3. The highest BCUT2D eigenvalue weighted by Crippen LogP contribution is 2.28. The molecule has 0 aliphatic heterocycles. The van der Waals surface area contributed by atoms with Gasteiger partial charge < -0.3 is 5.73 Å². The first-order valence-electron chi connectivity index (χ1n) is 3.94. The normalized spacial score (nSPS) is 10.4. The lowest BCUT2D eigenvalue weighted by Crippen LogP contribution is -1.89. The smallest absolute Gasteiger partial charge is 0.180 e. The molecule has 4 nitrogen and oxygen atoms in total. The molecule has 0 aliphatic carbocycles. The van der Waals surface area contributed by atoms with Crippen LogP contribution < -0.4 is 5.73 Å². The van der Waals surface area contributed by atoms with Gasteiger partial charge in [-0.25, -0.2) is 4.98 Å². The molecule has 0 fully saturated rings. The van der Waals surface area contributed by atoms with Crippen molar-refractivity contribution >= 4 is 28.9 Å². The Balaban J connectivity index is 2.18. The van der Waals surface area contributed by atoms with E-state index < -0.39 is 0 Å². The standard InChI is InChI=1S/C8H8N4S2/c1-5-11-12-8(13-5)14-7-4-2-3-6(9)10-7/h2-4H,1H3,(H2,9,10). The van der Waals surface area contributed by atoms with Gasteiger partial charge in [0.05, 0.1) is 0 Å². The Kier molecular flexibility index (Phi) is 2.64. The quantitative estimate of drug-likeness (QED) is 0.845. The van der Waals surface area contributed by atoms with Crippen molar-refractivity contribution in [1.29, 1.82) is 0 Å². The molecule has 2 aromatic rings. The molecule has 2 rings (SSSR count). The van der Waals surface area contributed by atoms with E-state index >= 15 is 0 Å². The lowest BCUT2D eigenvalue weighted by molar-refractivity contribution is 0.981. The number of hydrogen-bond acceptors (Lipinski definition) is 6. The second kappa shape index (κ2) is 3.93. The summed E-state index contributed by atoms with van der Waals surface area (Å²) in [5.41, 5.74) is 5.56. The molecule has 2 N–H and O–H groups in total. The molecule has 0 aliphatic rings. The van der Waals surface area contributed by atoms with Crippen LogP contribution >= 0.6 is 23.1 Å². The first-order chi connectivity index (χ1) is 6.74. The summed E-state index contributed by atoms with van der Waals surface area (Å²) in [5, 5.41) is 9.72. The number of nitrogens with two attached hydrogens (primary N) is 1. The van der Waals surface area contributed by atoms with Crippen LogP contribution in [0.3, 0.4) is 0 Å². The van der Waals surface area contributed by atoms with Crippen LogP contribution in [-0.4, -0.2) is 15.2 Å². The maximum atomic E-state index is 5.56. The van der Waals surface area contributed by atoms with Crippen molar-refractivity contribution < 1.29 is 0 Å². The fourth-order valence-corrected chi connectivity index (χ4v) is 2.66. The van der Waals surface area contributed by atoms with Crippen LogP contribution in [0.25, 0.3) is 0 Å². The Labute approximate surface area is 89.6 Å². The Hall–Kier alpha value is -1.14. The summed E-state index contributed by atoms with van der Waals surface area (Å²) in [7, 11) is 0. The minimum absolute atomic E-state index is 0.524. The van der Waals surface area contributed by atoms with Crippen molar-refractivity contribution in [2.45, 2.75) is 16.3 Å². The second-order valence-corrected chi connectivity index (χ2v) is 5.04. The molecule has 0 unspecified atom stereocenters. The molecule has 0 radical (unpaired) electrons. The summed E-state index contributed by atoms with van der Waals surface area (Å²) < 4.78 is 0.889. The molecule has 0 saturated heterocycles. The molecule has 0 bridgehead atoms. The van der Waals surface area contributed by atoms with Crippen LogP contribution in [0.15, 0.2) is 27.6 Å². The lowest BCUT2D eigenvalue weighted by Gasteiger charge is -1.96. The number of nitrogen functional groups attached to an aromatic ring is 1. The highest BCUT2D eigenvalue weighted by Gasteiger charge is 2.03. The largest absolute Gasteiger partial charge is 0.384 e. The summed E-state index contributed by atoms with van der Waals surface area (Å²) in [4.78, 5) is 4.16. The van der Waals surface area contributed by atoms with E-state index in [0.29, 0.717) is 5.82 Å². The molecule has 0 aromatic carbocycles. The van der Waals surface area contributed by atoms with E-state index in [0.717, 1.165) is 14.4 Å². The van der Waals surface area contributed by atoms with Gasteiger partial charge in [0.15, 0.2) is 4.34 Å². The van der Waals surface area contributed by atoms with Crippen molar-refractivity contribution in [3.8, 4) is 0 Å². The molecule has 0 saturated carbocycles. The van der Waals surface area contributed by atoms with E-state index in [2.05, 4.69) is 15.2 Å². The minimum Gasteiger partial charge on any atom is -0.384 e. The molecular formula is C8H8N4S2. The van der Waals surface area contributed by atoms with Crippen molar-refractivity contribution in [2.75, 3.05) is 5.73 Å². The monoisotopic (exact) mass is 224 g/mol. The van der Waals surface area contributed by atoms with Gasteiger partial charge in [-0.15, -0.1) is 10.2 Å². The molecule has 0 amide bonds. The summed E-state index contributed by atoms with van der Waals surface area (Å²) in [5.74, 6) is 0.524. The highest BCUT2D eigenvalue weighted by molar-refractivity contribution is 8.01. The zero-order valence-corrected chi connectivity index (χ0v) is 9.10. The lowest BCUT2D eigenvalue weighted by atomic mass is 10.5. The van der Waals surface area contributed by atoms with Gasteiger partial charge in [0.2, 0.25) is 0 Å². The topological polar surface area (TPSA) is 64.7 Å². The van der Waals surface area contributed by atoms with Gasteiger partial charge in [-0.1, -0.05) is 17.4 Å². The summed E-state index contributed by atoms with van der Waals surface area (Å²) in [6.45, 7) is 1.93. The third-order valence-electron chi connectivity index (χ3n) is 1.44. The van der Waals surface area contributed by atoms with Gasteiger partial charge in [0, 0.05) is 0 Å². The molecule has 2 aromatic heterocycles. The third kappa shape index (κ3) is 2.21. The van der Waals surface area contributed by atoms with Crippen LogP contribution in [-0.2, 0) is 0 Å². The van der Waals surface area contributed by atoms with Gasteiger partial charge >= 0.3 is 0 Å². The molecular weight excluding hydrogens is 216 g/mol.